The van der Waals surface area contributed by atoms with Gasteiger partial charge in [-0.2, -0.15) is 0 Å². The number of nitrogens with one attached hydrogen (secondary N) is 1. The maximum Gasteiger partial charge on any atom is 0.260 e. The molecule has 1 heterocycles. The minimum atomic E-state index is -2.57. The monoisotopic (exact) mass is 225 g/mol. The van der Waals surface area contributed by atoms with Crippen molar-refractivity contribution in [1.29, 1.82) is 0 Å². The van der Waals surface area contributed by atoms with E-state index in [0.29, 0.717) is 6.54 Å². The second-order valence-corrected chi connectivity index (χ2v) is 4.73. The number of aryl methyl sites for hydroxylation is 2. The van der Waals surface area contributed by atoms with E-state index in [0.717, 1.165) is 5.56 Å². The summed E-state index contributed by atoms with van der Waals surface area (Å²) in [5.74, 6) is -2.63. The lowest BCUT2D eigenvalue weighted by Crippen LogP contribution is -2.42. The van der Waals surface area contributed by atoms with Gasteiger partial charge in [-0.3, -0.25) is 0 Å². The first-order valence-corrected chi connectivity index (χ1v) is 5.64. The van der Waals surface area contributed by atoms with Crippen LogP contribution in [0.1, 0.15) is 29.0 Å². The van der Waals surface area contributed by atoms with Crippen LogP contribution in [0.25, 0.3) is 0 Å². The summed E-state index contributed by atoms with van der Waals surface area (Å²) in [6.45, 7) is 4.52. The van der Waals surface area contributed by atoms with E-state index in [-0.39, 0.29) is 18.9 Å². The van der Waals surface area contributed by atoms with Gasteiger partial charge in [0.2, 0.25) is 0 Å². The predicted molar refractivity (Wildman–Crippen MR) is 61.1 cm³/mol. The summed E-state index contributed by atoms with van der Waals surface area (Å²) in [6, 6.07) is 6.01. The van der Waals surface area contributed by atoms with Gasteiger partial charge in [0.05, 0.1) is 6.54 Å². The molecule has 1 aliphatic heterocycles. The Kier molecular flexibility index (Phi) is 2.98. The molecule has 3 heteroatoms. The van der Waals surface area contributed by atoms with Crippen LogP contribution in [0.5, 0.6) is 0 Å². The highest BCUT2D eigenvalue weighted by molar-refractivity contribution is 5.32. The van der Waals surface area contributed by atoms with Crippen LogP contribution in [0, 0.1) is 13.8 Å². The number of hydrogen-bond acceptors (Lipinski definition) is 1. The third-order valence-electron chi connectivity index (χ3n) is 3.32. The Labute approximate surface area is 94.9 Å². The van der Waals surface area contributed by atoms with Crippen LogP contribution < -0.4 is 5.32 Å². The van der Waals surface area contributed by atoms with Crippen LogP contribution in [0.2, 0.25) is 0 Å². The number of rotatable bonds is 1. The van der Waals surface area contributed by atoms with Gasteiger partial charge in [0.15, 0.2) is 0 Å². The molecular weight excluding hydrogens is 208 g/mol. The lowest BCUT2D eigenvalue weighted by molar-refractivity contribution is -0.0277. The fourth-order valence-corrected chi connectivity index (χ4v) is 2.19. The lowest BCUT2D eigenvalue weighted by atomic mass is 9.88. The molecule has 0 spiro atoms. The molecule has 1 aliphatic rings. The summed E-state index contributed by atoms with van der Waals surface area (Å²) in [5.41, 5.74) is 3.40. The van der Waals surface area contributed by atoms with E-state index >= 15 is 0 Å². The number of piperidine rings is 1. The fourth-order valence-electron chi connectivity index (χ4n) is 2.19. The first kappa shape index (κ1) is 11.5. The minimum absolute atomic E-state index is 0.0392. The Hall–Kier alpha value is -0.960. The number of benzene rings is 1. The van der Waals surface area contributed by atoms with E-state index in [1.807, 2.05) is 32.0 Å². The third-order valence-corrected chi connectivity index (χ3v) is 3.32. The largest absolute Gasteiger partial charge is 0.311 e. The molecule has 1 saturated heterocycles. The van der Waals surface area contributed by atoms with Crippen LogP contribution >= 0.6 is 0 Å². The molecule has 1 aromatic rings. The second-order valence-electron chi connectivity index (χ2n) is 4.73. The highest BCUT2D eigenvalue weighted by Gasteiger charge is 2.36. The molecule has 1 atom stereocenters. The van der Waals surface area contributed by atoms with Gasteiger partial charge in [-0.05, 0) is 30.5 Å². The quantitative estimate of drug-likeness (QED) is 0.774. The van der Waals surface area contributed by atoms with Crippen LogP contribution in [-0.4, -0.2) is 19.0 Å². The molecule has 0 aromatic heterocycles. The van der Waals surface area contributed by atoms with E-state index in [9.17, 15) is 8.78 Å². The molecular formula is C13H17F2N. The van der Waals surface area contributed by atoms with Crippen molar-refractivity contribution >= 4 is 0 Å². The topological polar surface area (TPSA) is 12.0 Å². The molecule has 88 valence electrons. The van der Waals surface area contributed by atoms with Gasteiger partial charge in [-0.25, -0.2) is 8.78 Å². The molecule has 2 rings (SSSR count). The highest BCUT2D eigenvalue weighted by atomic mass is 19.3. The van der Waals surface area contributed by atoms with Gasteiger partial charge in [0.1, 0.15) is 0 Å². The van der Waals surface area contributed by atoms with Crippen molar-refractivity contribution in [1.82, 2.24) is 5.32 Å². The van der Waals surface area contributed by atoms with E-state index in [4.69, 9.17) is 0 Å². The zero-order valence-corrected chi connectivity index (χ0v) is 9.69. The van der Waals surface area contributed by atoms with Crippen molar-refractivity contribution in [2.24, 2.45) is 0 Å². The lowest BCUT2D eigenvalue weighted by Gasteiger charge is -2.30. The SMILES string of the molecule is Cc1ccc(C2CNCC(F)(F)C2)cc1C. The normalized spacial score (nSPS) is 24.4. The smallest absolute Gasteiger partial charge is 0.260 e. The molecule has 0 radical (unpaired) electrons. The summed E-state index contributed by atoms with van der Waals surface area (Å²) in [5, 5.41) is 2.81. The molecule has 1 N–H and O–H groups in total. The molecule has 0 aliphatic carbocycles. The Morgan fingerprint density at radius 3 is 2.62 bits per heavy atom. The molecule has 0 amide bonds. The highest BCUT2D eigenvalue weighted by Crippen LogP contribution is 2.33. The number of hydrogen-bond donors (Lipinski definition) is 1. The van der Waals surface area contributed by atoms with Gasteiger partial charge in [0.25, 0.3) is 5.92 Å². The summed E-state index contributed by atoms with van der Waals surface area (Å²) >= 11 is 0. The van der Waals surface area contributed by atoms with Crippen molar-refractivity contribution in [3.05, 3.63) is 34.9 Å². The van der Waals surface area contributed by atoms with Gasteiger partial charge < -0.3 is 5.32 Å². The minimum Gasteiger partial charge on any atom is -0.311 e. The van der Waals surface area contributed by atoms with Gasteiger partial charge in [0, 0.05) is 18.9 Å². The summed E-state index contributed by atoms with van der Waals surface area (Å²) in [7, 11) is 0. The molecule has 1 aromatic carbocycles. The van der Waals surface area contributed by atoms with E-state index in [1.165, 1.54) is 11.1 Å². The van der Waals surface area contributed by atoms with E-state index < -0.39 is 5.92 Å². The van der Waals surface area contributed by atoms with Crippen LogP contribution in [0.4, 0.5) is 8.78 Å². The van der Waals surface area contributed by atoms with Crippen molar-refractivity contribution in [2.45, 2.75) is 32.1 Å². The molecule has 1 fully saturated rings. The maximum absolute atomic E-state index is 13.3. The summed E-state index contributed by atoms with van der Waals surface area (Å²) in [4.78, 5) is 0. The number of halogens is 2. The molecule has 16 heavy (non-hydrogen) atoms. The van der Waals surface area contributed by atoms with E-state index in [2.05, 4.69) is 5.32 Å². The molecule has 1 unspecified atom stereocenters. The summed E-state index contributed by atoms with van der Waals surface area (Å²) < 4.78 is 26.5. The van der Waals surface area contributed by atoms with E-state index in [1.54, 1.807) is 0 Å². The first-order chi connectivity index (χ1) is 7.48. The van der Waals surface area contributed by atoms with Crippen LogP contribution in [0.3, 0.4) is 0 Å². The van der Waals surface area contributed by atoms with Crippen LogP contribution in [0.15, 0.2) is 18.2 Å². The fraction of sp³-hybridized carbons (Fsp3) is 0.538. The standard InChI is InChI=1S/C13H17F2N/c1-9-3-4-11(5-10(9)2)12-6-13(14,15)8-16-7-12/h3-5,12,16H,6-8H2,1-2H3. The zero-order chi connectivity index (χ0) is 11.8. The van der Waals surface area contributed by atoms with Crippen molar-refractivity contribution in [2.75, 3.05) is 13.1 Å². The van der Waals surface area contributed by atoms with Gasteiger partial charge in [-0.1, -0.05) is 18.2 Å². The zero-order valence-electron chi connectivity index (χ0n) is 9.69. The third kappa shape index (κ3) is 2.40. The van der Waals surface area contributed by atoms with Crippen molar-refractivity contribution in [3.63, 3.8) is 0 Å². The molecule has 1 nitrogen and oxygen atoms in total. The number of alkyl halides is 2. The average Bonchev–Trinajstić information content (AvgIpc) is 2.20. The molecule has 0 saturated carbocycles. The van der Waals surface area contributed by atoms with Crippen LogP contribution in [-0.2, 0) is 0 Å². The Balaban J connectivity index is 2.20. The first-order valence-electron chi connectivity index (χ1n) is 5.64. The Morgan fingerprint density at radius 1 is 1.25 bits per heavy atom. The van der Waals surface area contributed by atoms with Crippen molar-refractivity contribution in [3.8, 4) is 0 Å². The van der Waals surface area contributed by atoms with Gasteiger partial charge >= 0.3 is 0 Å². The molecule has 0 bridgehead atoms. The summed E-state index contributed by atoms with van der Waals surface area (Å²) in [6.07, 6.45) is -0.0392. The Morgan fingerprint density at radius 2 is 2.00 bits per heavy atom. The maximum atomic E-state index is 13.3. The second kappa shape index (κ2) is 4.13. The Bertz CT molecular complexity index is 388. The van der Waals surface area contributed by atoms with Crippen molar-refractivity contribution < 1.29 is 8.78 Å². The van der Waals surface area contributed by atoms with Gasteiger partial charge in [-0.15, -0.1) is 0 Å². The average molecular weight is 225 g/mol. The predicted octanol–water partition coefficient (Wildman–Crippen LogP) is 3.02.